The number of nitrogens with two attached hydrogens (primary N) is 1. The minimum atomic E-state index is -2.83. The van der Waals surface area contributed by atoms with E-state index in [1.807, 2.05) is 0 Å². The number of alkyl halides is 2. The van der Waals surface area contributed by atoms with Crippen molar-refractivity contribution < 1.29 is 22.8 Å². The number of furan rings is 1. The third-order valence-electron chi connectivity index (χ3n) is 5.05. The van der Waals surface area contributed by atoms with E-state index in [2.05, 4.69) is 20.5 Å². The summed E-state index contributed by atoms with van der Waals surface area (Å²) >= 11 is 0.836. The van der Waals surface area contributed by atoms with E-state index >= 15 is 0 Å². The summed E-state index contributed by atoms with van der Waals surface area (Å²) in [6.45, 7) is 0. The maximum Gasteiger partial charge on any atom is 0.280 e. The second kappa shape index (κ2) is 8.52. The van der Waals surface area contributed by atoms with Crippen LogP contribution >= 0.6 is 11.3 Å². The SMILES string of the molecule is NC(=O)c1sc2nc(C(F)F)cc(-c3ccccc3)c2c1NC(=O)c1cc(-c2ccco2)[nH]n1. The number of halogens is 2. The Kier molecular flexibility index (Phi) is 5.38. The summed E-state index contributed by atoms with van der Waals surface area (Å²) in [4.78, 5) is 29.4. The third-order valence-corrected chi connectivity index (χ3v) is 6.15. The fourth-order valence-corrected chi connectivity index (χ4v) is 4.56. The molecule has 4 heterocycles. The normalized spacial score (nSPS) is 11.3. The average Bonchev–Trinajstić information content (AvgIpc) is 3.58. The van der Waals surface area contributed by atoms with Gasteiger partial charge in [-0.15, -0.1) is 11.3 Å². The average molecular weight is 479 g/mol. The number of carbonyl (C=O) groups is 2. The lowest BCUT2D eigenvalue weighted by atomic mass is 10.0. The first-order chi connectivity index (χ1) is 16.4. The van der Waals surface area contributed by atoms with Crippen molar-refractivity contribution in [2.75, 3.05) is 5.32 Å². The van der Waals surface area contributed by atoms with Crippen LogP contribution in [0.15, 0.2) is 65.3 Å². The molecule has 4 aromatic heterocycles. The monoisotopic (exact) mass is 479 g/mol. The molecular formula is C23H15F2N5O3S. The Morgan fingerprint density at radius 3 is 2.59 bits per heavy atom. The molecule has 0 saturated carbocycles. The van der Waals surface area contributed by atoms with E-state index in [1.54, 1.807) is 42.5 Å². The van der Waals surface area contributed by atoms with Gasteiger partial charge in [0.25, 0.3) is 18.2 Å². The lowest BCUT2D eigenvalue weighted by Crippen LogP contribution is -2.17. The number of primary amides is 1. The maximum absolute atomic E-state index is 13.6. The number of aromatic nitrogens is 3. The molecule has 5 rings (SSSR count). The van der Waals surface area contributed by atoms with Gasteiger partial charge in [-0.25, -0.2) is 13.8 Å². The van der Waals surface area contributed by atoms with Gasteiger partial charge in [-0.1, -0.05) is 30.3 Å². The first kappa shape index (κ1) is 21.5. The summed E-state index contributed by atoms with van der Waals surface area (Å²) in [6.07, 6.45) is -1.34. The molecule has 34 heavy (non-hydrogen) atoms. The van der Waals surface area contributed by atoms with Crippen LogP contribution < -0.4 is 11.1 Å². The highest BCUT2D eigenvalue weighted by atomic mass is 32.1. The van der Waals surface area contributed by atoms with Crippen LogP contribution in [0.5, 0.6) is 0 Å². The van der Waals surface area contributed by atoms with Crippen LogP contribution in [0, 0.1) is 0 Å². The van der Waals surface area contributed by atoms with Crippen LogP contribution in [-0.2, 0) is 0 Å². The number of anilines is 1. The number of nitrogens with one attached hydrogen (secondary N) is 2. The number of aromatic amines is 1. The van der Waals surface area contributed by atoms with E-state index in [4.69, 9.17) is 10.2 Å². The predicted octanol–water partition coefficient (Wildman–Crippen LogP) is 5.24. The second-order valence-corrected chi connectivity index (χ2v) is 8.21. The van der Waals surface area contributed by atoms with Crippen molar-refractivity contribution in [2.45, 2.75) is 6.43 Å². The number of benzene rings is 1. The largest absolute Gasteiger partial charge is 0.463 e. The van der Waals surface area contributed by atoms with Gasteiger partial charge in [-0.2, -0.15) is 5.10 Å². The Hall–Kier alpha value is -4.38. The molecule has 0 spiro atoms. The van der Waals surface area contributed by atoms with Gasteiger partial charge in [0, 0.05) is 11.5 Å². The fraction of sp³-hybridized carbons (Fsp3) is 0.0435. The van der Waals surface area contributed by atoms with Crippen LogP contribution in [0.25, 0.3) is 32.8 Å². The van der Waals surface area contributed by atoms with Crippen LogP contribution in [0.3, 0.4) is 0 Å². The van der Waals surface area contributed by atoms with Gasteiger partial charge >= 0.3 is 0 Å². The number of hydrogen-bond acceptors (Lipinski definition) is 6. The fourth-order valence-electron chi connectivity index (χ4n) is 3.54. The molecular weight excluding hydrogens is 464 g/mol. The molecule has 0 bridgehead atoms. The molecule has 8 nitrogen and oxygen atoms in total. The number of thiophene rings is 1. The Labute approximate surface area is 194 Å². The highest BCUT2D eigenvalue weighted by Gasteiger charge is 2.26. The molecule has 5 aromatic rings. The molecule has 2 amide bonds. The summed E-state index contributed by atoms with van der Waals surface area (Å²) in [7, 11) is 0. The second-order valence-electron chi connectivity index (χ2n) is 7.21. The lowest BCUT2D eigenvalue weighted by Gasteiger charge is -2.10. The smallest absolute Gasteiger partial charge is 0.280 e. The van der Waals surface area contributed by atoms with E-state index in [1.165, 1.54) is 18.4 Å². The van der Waals surface area contributed by atoms with E-state index in [0.717, 1.165) is 11.3 Å². The summed E-state index contributed by atoms with van der Waals surface area (Å²) in [5.74, 6) is -0.970. The van der Waals surface area contributed by atoms with Crippen molar-refractivity contribution in [1.29, 1.82) is 0 Å². The maximum atomic E-state index is 13.6. The van der Waals surface area contributed by atoms with Crippen molar-refractivity contribution in [3.63, 3.8) is 0 Å². The molecule has 11 heteroatoms. The lowest BCUT2D eigenvalue weighted by molar-refractivity contribution is 0.100. The molecule has 0 unspecified atom stereocenters. The van der Waals surface area contributed by atoms with Gasteiger partial charge in [0.15, 0.2) is 11.5 Å². The Morgan fingerprint density at radius 1 is 1.12 bits per heavy atom. The van der Waals surface area contributed by atoms with Gasteiger partial charge in [0.2, 0.25) is 0 Å². The van der Waals surface area contributed by atoms with Crippen molar-refractivity contribution in [2.24, 2.45) is 5.73 Å². The van der Waals surface area contributed by atoms with Gasteiger partial charge in [0.1, 0.15) is 21.1 Å². The van der Waals surface area contributed by atoms with Crippen molar-refractivity contribution >= 4 is 39.1 Å². The van der Waals surface area contributed by atoms with Crippen molar-refractivity contribution in [3.05, 3.63) is 77.1 Å². The molecule has 0 aliphatic carbocycles. The summed E-state index contributed by atoms with van der Waals surface area (Å²) < 4.78 is 32.4. The molecule has 1 aromatic carbocycles. The number of rotatable bonds is 6. The van der Waals surface area contributed by atoms with Crippen molar-refractivity contribution in [1.82, 2.24) is 15.2 Å². The molecule has 0 saturated heterocycles. The number of fused-ring (bicyclic) bond motifs is 1. The summed E-state index contributed by atoms with van der Waals surface area (Å²) in [6, 6.07) is 14.9. The van der Waals surface area contributed by atoms with Crippen LogP contribution in [-0.4, -0.2) is 27.0 Å². The highest BCUT2D eigenvalue weighted by molar-refractivity contribution is 7.21. The molecule has 0 aliphatic heterocycles. The molecule has 4 N–H and O–H groups in total. The minimum absolute atomic E-state index is 0.0127. The molecule has 0 aliphatic rings. The number of pyridine rings is 1. The minimum Gasteiger partial charge on any atom is -0.463 e. The quantitative estimate of drug-likeness (QED) is 0.307. The highest BCUT2D eigenvalue weighted by Crippen LogP contribution is 2.42. The van der Waals surface area contributed by atoms with Gasteiger partial charge in [0.05, 0.1) is 12.0 Å². The standard InChI is InChI=1S/C23H15F2N5O3S/c24-20(25)14-9-12(11-5-2-1-3-6-11)17-18(19(21(26)31)34-23(17)27-14)28-22(32)15-10-13(29-30-15)16-7-4-8-33-16/h1-10,20H,(H2,26,31)(H,28,32)(H,29,30). The zero-order valence-corrected chi connectivity index (χ0v) is 18.0. The van der Waals surface area contributed by atoms with Crippen LogP contribution in [0.2, 0.25) is 0 Å². The van der Waals surface area contributed by atoms with E-state index in [-0.39, 0.29) is 21.1 Å². The summed E-state index contributed by atoms with van der Waals surface area (Å²) in [5.41, 5.74) is 6.71. The zero-order valence-electron chi connectivity index (χ0n) is 17.2. The molecule has 0 atom stereocenters. The number of H-pyrrole nitrogens is 1. The molecule has 170 valence electrons. The van der Waals surface area contributed by atoms with Gasteiger partial charge in [-0.05, 0) is 29.3 Å². The number of carbonyl (C=O) groups excluding carboxylic acids is 2. The zero-order chi connectivity index (χ0) is 23.8. The first-order valence-corrected chi connectivity index (χ1v) is 10.8. The van der Waals surface area contributed by atoms with E-state index in [0.29, 0.717) is 28.0 Å². The predicted molar refractivity (Wildman–Crippen MR) is 123 cm³/mol. The Bertz CT molecular complexity index is 1510. The number of hydrogen-bond donors (Lipinski definition) is 3. The number of nitrogens with zero attached hydrogens (tertiary/aromatic N) is 2. The topological polar surface area (TPSA) is 127 Å². The number of amides is 2. The van der Waals surface area contributed by atoms with E-state index in [9.17, 15) is 18.4 Å². The van der Waals surface area contributed by atoms with Gasteiger partial charge in [-0.3, -0.25) is 14.7 Å². The van der Waals surface area contributed by atoms with Gasteiger partial charge < -0.3 is 15.5 Å². The van der Waals surface area contributed by atoms with Crippen LogP contribution in [0.4, 0.5) is 14.5 Å². The third kappa shape index (κ3) is 3.82. The van der Waals surface area contributed by atoms with Crippen LogP contribution in [0.1, 0.15) is 32.3 Å². The summed E-state index contributed by atoms with van der Waals surface area (Å²) in [5, 5.41) is 9.73. The first-order valence-electron chi connectivity index (χ1n) is 9.94. The Morgan fingerprint density at radius 2 is 1.91 bits per heavy atom. The molecule has 0 radical (unpaired) electrons. The van der Waals surface area contributed by atoms with Crippen molar-refractivity contribution in [3.8, 4) is 22.6 Å². The Balaban J connectivity index is 1.64. The molecule has 0 fully saturated rings. The van der Waals surface area contributed by atoms with E-state index < -0.39 is 23.9 Å².